The predicted octanol–water partition coefficient (Wildman–Crippen LogP) is 2.43. The molecule has 0 amide bonds. The van der Waals surface area contributed by atoms with Crippen molar-refractivity contribution < 1.29 is 12.8 Å². The fourth-order valence-electron chi connectivity index (χ4n) is 2.08. The van der Waals surface area contributed by atoms with Crippen LogP contribution in [0.3, 0.4) is 0 Å². The molecule has 1 aliphatic rings. The molecule has 1 heterocycles. The molecule has 1 fully saturated rings. The van der Waals surface area contributed by atoms with Crippen molar-refractivity contribution in [1.82, 2.24) is 10.0 Å². The van der Waals surface area contributed by atoms with Crippen LogP contribution in [0.1, 0.15) is 19.3 Å². The van der Waals surface area contributed by atoms with E-state index in [0.29, 0.717) is 6.54 Å². The first-order valence-corrected chi connectivity index (χ1v) is 8.45. The summed E-state index contributed by atoms with van der Waals surface area (Å²) < 4.78 is 40.0. The SMILES string of the molecule is Cl.O=S(=O)(NCC1CCCCN1)c1ccc(F)cc1Br. The van der Waals surface area contributed by atoms with Crippen LogP contribution >= 0.6 is 28.3 Å². The van der Waals surface area contributed by atoms with E-state index in [1.54, 1.807) is 0 Å². The Hall–Kier alpha value is -0.210. The third-order valence-electron chi connectivity index (χ3n) is 3.12. The number of nitrogens with one attached hydrogen (secondary N) is 2. The molecule has 1 atom stereocenters. The van der Waals surface area contributed by atoms with Gasteiger partial charge in [0.2, 0.25) is 10.0 Å². The Morgan fingerprint density at radius 2 is 2.15 bits per heavy atom. The highest BCUT2D eigenvalue weighted by molar-refractivity contribution is 9.10. The van der Waals surface area contributed by atoms with Crippen molar-refractivity contribution in [2.24, 2.45) is 0 Å². The lowest BCUT2D eigenvalue weighted by atomic mass is 10.1. The van der Waals surface area contributed by atoms with Crippen LogP contribution < -0.4 is 10.0 Å². The van der Waals surface area contributed by atoms with Gasteiger partial charge in [0.05, 0.1) is 4.90 Å². The minimum Gasteiger partial charge on any atom is -0.313 e. The van der Waals surface area contributed by atoms with E-state index in [4.69, 9.17) is 0 Å². The summed E-state index contributed by atoms with van der Waals surface area (Å²) in [6, 6.07) is 3.71. The van der Waals surface area contributed by atoms with Crippen LogP contribution in [0.15, 0.2) is 27.6 Å². The summed E-state index contributed by atoms with van der Waals surface area (Å²) in [5, 5.41) is 3.27. The Morgan fingerprint density at radius 1 is 1.40 bits per heavy atom. The average molecular weight is 388 g/mol. The number of sulfonamides is 1. The molecule has 1 aromatic carbocycles. The van der Waals surface area contributed by atoms with Gasteiger partial charge in [-0.25, -0.2) is 17.5 Å². The van der Waals surface area contributed by atoms with Gasteiger partial charge in [0.15, 0.2) is 0 Å². The first-order valence-electron chi connectivity index (χ1n) is 6.17. The van der Waals surface area contributed by atoms with Crippen LogP contribution in [0.2, 0.25) is 0 Å². The van der Waals surface area contributed by atoms with Gasteiger partial charge in [0.1, 0.15) is 5.82 Å². The van der Waals surface area contributed by atoms with Crippen LogP contribution in [0.25, 0.3) is 0 Å². The van der Waals surface area contributed by atoms with Gasteiger partial charge in [-0.1, -0.05) is 6.42 Å². The summed E-state index contributed by atoms with van der Waals surface area (Å²) in [5.74, 6) is -0.472. The summed E-state index contributed by atoms with van der Waals surface area (Å²) >= 11 is 3.07. The lowest BCUT2D eigenvalue weighted by Crippen LogP contribution is -2.43. The van der Waals surface area contributed by atoms with Crippen LogP contribution in [0, 0.1) is 5.82 Å². The molecule has 0 bridgehead atoms. The standard InChI is InChI=1S/C12H16BrFN2O2S.ClH/c13-11-7-9(14)4-5-12(11)19(17,18)16-8-10-3-1-2-6-15-10;/h4-5,7,10,15-16H,1-3,6,8H2;1H. The summed E-state index contributed by atoms with van der Waals surface area (Å²) in [7, 11) is -3.61. The minimum absolute atomic E-state index is 0. The second-order valence-electron chi connectivity index (χ2n) is 4.57. The second-order valence-corrected chi connectivity index (χ2v) is 7.16. The Morgan fingerprint density at radius 3 is 2.75 bits per heavy atom. The highest BCUT2D eigenvalue weighted by atomic mass is 79.9. The number of hydrogen-bond donors (Lipinski definition) is 2. The normalized spacial score (nSPS) is 19.4. The molecule has 1 saturated heterocycles. The van der Waals surface area contributed by atoms with Gasteiger partial charge < -0.3 is 5.32 Å². The molecule has 114 valence electrons. The van der Waals surface area contributed by atoms with Crippen molar-refractivity contribution >= 4 is 38.4 Å². The van der Waals surface area contributed by atoms with Gasteiger partial charge in [-0.3, -0.25) is 0 Å². The quantitative estimate of drug-likeness (QED) is 0.834. The van der Waals surface area contributed by atoms with E-state index in [0.717, 1.165) is 37.9 Å². The van der Waals surface area contributed by atoms with Crippen molar-refractivity contribution in [3.63, 3.8) is 0 Å². The molecule has 4 nitrogen and oxygen atoms in total. The Balaban J connectivity index is 0.00000200. The first kappa shape index (κ1) is 17.8. The lowest BCUT2D eigenvalue weighted by molar-refractivity contribution is 0.398. The zero-order valence-electron chi connectivity index (χ0n) is 10.7. The highest BCUT2D eigenvalue weighted by Crippen LogP contribution is 2.22. The van der Waals surface area contributed by atoms with E-state index in [9.17, 15) is 12.8 Å². The van der Waals surface area contributed by atoms with Crippen molar-refractivity contribution in [3.05, 3.63) is 28.5 Å². The number of piperidine rings is 1. The molecule has 0 aliphatic carbocycles. The highest BCUT2D eigenvalue weighted by Gasteiger charge is 2.20. The molecule has 1 aromatic rings. The number of benzene rings is 1. The predicted molar refractivity (Wildman–Crippen MR) is 82.2 cm³/mol. The third kappa shape index (κ3) is 4.66. The van der Waals surface area contributed by atoms with Gasteiger partial charge in [-0.15, -0.1) is 12.4 Å². The van der Waals surface area contributed by atoms with Crippen LogP contribution in [0.4, 0.5) is 4.39 Å². The molecule has 1 unspecified atom stereocenters. The van der Waals surface area contributed by atoms with E-state index >= 15 is 0 Å². The fourth-order valence-corrected chi connectivity index (χ4v) is 4.21. The third-order valence-corrected chi connectivity index (χ3v) is 5.52. The molecule has 8 heteroatoms. The Bertz CT molecular complexity index is 550. The van der Waals surface area contributed by atoms with Gasteiger partial charge in [0.25, 0.3) is 0 Å². The summed E-state index contributed by atoms with van der Waals surface area (Å²) in [6.45, 7) is 1.28. The topological polar surface area (TPSA) is 58.2 Å². The molecule has 0 saturated carbocycles. The summed E-state index contributed by atoms with van der Waals surface area (Å²) in [6.07, 6.45) is 3.21. The lowest BCUT2D eigenvalue weighted by Gasteiger charge is -2.23. The molecule has 2 rings (SSSR count). The summed E-state index contributed by atoms with van der Waals surface area (Å²) in [4.78, 5) is 0.0599. The molecule has 2 N–H and O–H groups in total. The molecule has 1 aliphatic heterocycles. The largest absolute Gasteiger partial charge is 0.313 e. The van der Waals surface area contributed by atoms with Crippen molar-refractivity contribution in [2.45, 2.75) is 30.2 Å². The molecular weight excluding hydrogens is 371 g/mol. The van der Waals surface area contributed by atoms with Crippen LogP contribution in [-0.2, 0) is 10.0 Å². The maximum absolute atomic E-state index is 13.0. The van der Waals surface area contributed by atoms with Gasteiger partial charge in [-0.05, 0) is 53.5 Å². The monoisotopic (exact) mass is 386 g/mol. The van der Waals surface area contributed by atoms with Crippen molar-refractivity contribution in [3.8, 4) is 0 Å². The maximum atomic E-state index is 13.0. The number of halogens is 3. The number of hydrogen-bond acceptors (Lipinski definition) is 3. The zero-order chi connectivity index (χ0) is 13.9. The number of rotatable bonds is 4. The molecular formula is C12H17BrClFN2O2S. The molecule has 0 aromatic heterocycles. The van der Waals surface area contributed by atoms with E-state index < -0.39 is 15.8 Å². The molecule has 0 radical (unpaired) electrons. The van der Waals surface area contributed by atoms with Gasteiger partial charge in [0, 0.05) is 17.1 Å². The van der Waals surface area contributed by atoms with E-state index in [2.05, 4.69) is 26.0 Å². The second kappa shape index (κ2) is 7.70. The maximum Gasteiger partial charge on any atom is 0.241 e. The van der Waals surface area contributed by atoms with Crippen LogP contribution in [0.5, 0.6) is 0 Å². The molecule has 0 spiro atoms. The Labute approximate surface area is 133 Å². The first-order chi connectivity index (χ1) is 8.99. The molecule has 20 heavy (non-hydrogen) atoms. The van der Waals surface area contributed by atoms with Crippen molar-refractivity contribution in [1.29, 1.82) is 0 Å². The zero-order valence-corrected chi connectivity index (χ0v) is 14.0. The van der Waals surface area contributed by atoms with Gasteiger partial charge in [-0.2, -0.15) is 0 Å². The average Bonchev–Trinajstić information content (AvgIpc) is 2.37. The van der Waals surface area contributed by atoms with E-state index in [-0.39, 0.29) is 27.8 Å². The van der Waals surface area contributed by atoms with E-state index in [1.165, 1.54) is 6.07 Å². The summed E-state index contributed by atoms with van der Waals surface area (Å²) in [5.41, 5.74) is 0. The van der Waals surface area contributed by atoms with Crippen LogP contribution in [-0.4, -0.2) is 27.5 Å². The van der Waals surface area contributed by atoms with Gasteiger partial charge >= 0.3 is 0 Å². The van der Waals surface area contributed by atoms with E-state index in [1.807, 2.05) is 0 Å². The minimum atomic E-state index is -3.61. The Kier molecular flexibility index (Phi) is 6.87. The fraction of sp³-hybridized carbons (Fsp3) is 0.500. The van der Waals surface area contributed by atoms with Crippen molar-refractivity contribution in [2.75, 3.05) is 13.1 Å². The smallest absolute Gasteiger partial charge is 0.241 e.